The van der Waals surface area contributed by atoms with Gasteiger partial charge < -0.3 is 7.79 Å². The highest BCUT2D eigenvalue weighted by Crippen LogP contribution is 2.26. The Morgan fingerprint density at radius 3 is 1.03 bits per heavy atom. The molecule has 1 saturated heterocycles. The van der Waals surface area contributed by atoms with Crippen molar-refractivity contribution in [3.8, 4) is 0 Å². The Morgan fingerprint density at radius 1 is 0.438 bits per heavy atom. The lowest BCUT2D eigenvalue weighted by Gasteiger charge is -2.58. The summed E-state index contributed by atoms with van der Waals surface area (Å²) >= 11 is 14.7. The maximum atomic E-state index is 7.33. The lowest BCUT2D eigenvalue weighted by molar-refractivity contribution is 0.752. The molecule has 5 rings (SSSR count). The molecule has 0 N–H and O–H groups in total. The summed E-state index contributed by atoms with van der Waals surface area (Å²) in [5, 5.41) is 5.16. The fourth-order valence-electron chi connectivity index (χ4n) is 3.83. The van der Waals surface area contributed by atoms with Crippen molar-refractivity contribution in [3.05, 3.63) is 121 Å². The van der Waals surface area contributed by atoms with Crippen LogP contribution in [0.3, 0.4) is 0 Å². The predicted octanol–water partition coefficient (Wildman–Crippen LogP) is 2.66. The summed E-state index contributed by atoms with van der Waals surface area (Å²) < 4.78 is 5.36. The van der Waals surface area contributed by atoms with Gasteiger partial charge in [-0.25, -0.2) is 0 Å². The number of hydrogen-bond acceptors (Lipinski definition) is 2. The van der Waals surface area contributed by atoms with Crippen molar-refractivity contribution in [2.24, 2.45) is 0 Å². The first-order valence-electron chi connectivity index (χ1n) is 10.4. The van der Waals surface area contributed by atoms with Gasteiger partial charge in [0.15, 0.2) is 0 Å². The molecule has 0 amide bonds. The number of rotatable bonds is 6. The van der Waals surface area contributed by atoms with E-state index in [0.717, 1.165) is 0 Å². The summed E-state index contributed by atoms with van der Waals surface area (Å²) in [7, 11) is -5.37. The van der Waals surface area contributed by atoms with Gasteiger partial charge in [-0.2, -0.15) is 0 Å². The fourth-order valence-corrected chi connectivity index (χ4v) is 24.1. The highest BCUT2D eigenvalue weighted by Gasteiger charge is 2.58. The van der Waals surface area contributed by atoms with Crippen LogP contribution in [0.5, 0.6) is 0 Å². The Hall–Kier alpha value is -1.75. The first-order chi connectivity index (χ1) is 15.8. The summed E-state index contributed by atoms with van der Waals surface area (Å²) in [5.41, 5.74) is 0. The number of halogens is 2. The summed E-state index contributed by atoms with van der Waals surface area (Å²) in [5.74, 6) is 0. The summed E-state index contributed by atoms with van der Waals surface area (Å²) in [4.78, 5) is 0. The average molecular weight is 520 g/mol. The van der Waals surface area contributed by atoms with Gasteiger partial charge in [0.25, 0.3) is 16.5 Å². The topological polar surface area (TPSA) is 6.48 Å². The van der Waals surface area contributed by atoms with Gasteiger partial charge in [-0.3, -0.25) is 0 Å². The van der Waals surface area contributed by atoms with Crippen molar-refractivity contribution in [1.29, 1.82) is 0 Å². The Morgan fingerprint density at radius 2 is 0.719 bits per heavy atom. The van der Waals surface area contributed by atoms with Crippen LogP contribution in [0.1, 0.15) is 0 Å². The molecule has 0 aliphatic carbocycles. The third-order valence-electron chi connectivity index (χ3n) is 5.33. The molecular weight excluding hydrogens is 500 g/mol. The molecule has 4 radical (unpaired) electrons. The molecule has 0 unspecified atom stereocenters. The average Bonchev–Trinajstić information content (AvgIpc) is 2.86. The third kappa shape index (κ3) is 4.25. The summed E-state index contributed by atoms with van der Waals surface area (Å²) in [6.45, 7) is 0. The van der Waals surface area contributed by atoms with E-state index in [4.69, 9.17) is 22.2 Å². The summed E-state index contributed by atoms with van der Waals surface area (Å²) in [6.07, 6.45) is 0. The van der Waals surface area contributed by atoms with Crippen LogP contribution in [0.15, 0.2) is 121 Å². The van der Waals surface area contributed by atoms with Crippen LogP contribution in [0.25, 0.3) is 0 Å². The molecule has 1 aliphatic heterocycles. The van der Waals surface area contributed by atoms with E-state index in [1.165, 1.54) is 20.7 Å². The molecule has 0 aromatic heterocycles. The van der Waals surface area contributed by atoms with Crippen LogP contribution in [0, 0.1) is 0 Å². The minimum Gasteiger partial charge on any atom is -0.322 e. The van der Waals surface area contributed by atoms with Gasteiger partial charge in [0, 0.05) is 0 Å². The number of nitrogens with zero attached hydrogens (tertiary/aromatic N) is 2. The number of benzene rings is 4. The smallest absolute Gasteiger partial charge is 0.275 e. The maximum Gasteiger partial charge on any atom is 0.275 e. The first kappa shape index (κ1) is 22.1. The zero-order chi connectivity index (χ0) is 21.9. The fraction of sp³-hybridized carbons (Fsp3) is 0. The molecule has 32 heavy (non-hydrogen) atoms. The SMILES string of the molecule is Cl[Si](c1ccccc1)N1[Si](c2ccccc2)N([Si](Cl)c2ccccc2)[Si]1c1ccccc1. The van der Waals surface area contributed by atoms with Crippen molar-refractivity contribution in [2.75, 3.05) is 0 Å². The Kier molecular flexibility index (Phi) is 6.91. The van der Waals surface area contributed by atoms with E-state index in [9.17, 15) is 0 Å². The second-order valence-electron chi connectivity index (χ2n) is 7.36. The maximum absolute atomic E-state index is 7.33. The van der Waals surface area contributed by atoms with Crippen LogP contribution in [-0.4, -0.2) is 42.6 Å². The minimum absolute atomic E-state index is 1.23. The quantitative estimate of drug-likeness (QED) is 0.286. The zero-order valence-corrected chi connectivity index (χ0v) is 22.7. The van der Waals surface area contributed by atoms with E-state index in [2.05, 4.69) is 129 Å². The van der Waals surface area contributed by atoms with Gasteiger partial charge in [0.1, 0.15) is 0 Å². The molecule has 1 aliphatic rings. The molecule has 4 aromatic carbocycles. The minimum atomic E-state index is -1.43. The van der Waals surface area contributed by atoms with Crippen LogP contribution in [-0.2, 0) is 0 Å². The Labute approximate surface area is 206 Å². The second-order valence-corrected chi connectivity index (χ2v) is 19.6. The van der Waals surface area contributed by atoms with Gasteiger partial charge in [-0.15, -0.1) is 22.2 Å². The second kappa shape index (κ2) is 10.0. The van der Waals surface area contributed by atoms with Crippen molar-refractivity contribution >= 4 is 77.7 Å². The largest absolute Gasteiger partial charge is 0.322 e. The molecule has 1 heterocycles. The normalized spacial score (nSPS) is 15.9. The standard InChI is InChI=1S/C24H20Cl2N2Si4/c25-29(21-13-5-1-6-14-21)27-31(23-17-9-3-10-18-23)28(30(26)22-15-7-2-8-16-22)32(27)24-19-11-4-12-20-24/h1-20H. The van der Waals surface area contributed by atoms with E-state index >= 15 is 0 Å². The molecule has 0 atom stereocenters. The van der Waals surface area contributed by atoms with Gasteiger partial charge in [-0.05, 0) is 20.7 Å². The van der Waals surface area contributed by atoms with Crippen molar-refractivity contribution in [3.63, 3.8) is 0 Å². The van der Waals surface area contributed by atoms with E-state index < -0.39 is 34.8 Å². The highest BCUT2D eigenvalue weighted by atomic mass is 35.6. The van der Waals surface area contributed by atoms with E-state index in [0.29, 0.717) is 0 Å². The van der Waals surface area contributed by atoms with Crippen LogP contribution in [0.4, 0.5) is 0 Å². The highest BCUT2D eigenvalue weighted by molar-refractivity contribution is 7.29. The molecule has 0 bridgehead atoms. The van der Waals surface area contributed by atoms with E-state index in [1.807, 2.05) is 0 Å². The lowest BCUT2D eigenvalue weighted by Crippen LogP contribution is -2.90. The molecule has 0 spiro atoms. The van der Waals surface area contributed by atoms with Crippen LogP contribution < -0.4 is 20.7 Å². The lowest BCUT2D eigenvalue weighted by atomic mass is 10.4. The monoisotopic (exact) mass is 518 g/mol. The van der Waals surface area contributed by atoms with Gasteiger partial charge in [0.05, 0.1) is 0 Å². The van der Waals surface area contributed by atoms with E-state index in [1.54, 1.807) is 0 Å². The zero-order valence-electron chi connectivity index (χ0n) is 17.2. The van der Waals surface area contributed by atoms with Gasteiger partial charge in [-0.1, -0.05) is 121 Å². The Bertz CT molecular complexity index is 1040. The van der Waals surface area contributed by atoms with Crippen molar-refractivity contribution in [1.82, 2.24) is 7.79 Å². The van der Waals surface area contributed by atoms with Gasteiger partial charge >= 0.3 is 0 Å². The van der Waals surface area contributed by atoms with E-state index in [-0.39, 0.29) is 0 Å². The molecular formula is C24H20Cl2N2Si4. The van der Waals surface area contributed by atoms with Gasteiger partial charge in [0.2, 0.25) is 18.2 Å². The molecule has 4 aromatic rings. The number of hydrogen-bond donors (Lipinski definition) is 0. The molecule has 2 nitrogen and oxygen atoms in total. The third-order valence-corrected chi connectivity index (χ3v) is 22.9. The summed E-state index contributed by atoms with van der Waals surface area (Å²) in [6, 6.07) is 42.8. The Balaban J connectivity index is 1.62. The molecule has 0 saturated carbocycles. The molecule has 156 valence electrons. The van der Waals surface area contributed by atoms with Crippen molar-refractivity contribution < 1.29 is 0 Å². The van der Waals surface area contributed by atoms with Crippen LogP contribution in [0.2, 0.25) is 0 Å². The predicted molar refractivity (Wildman–Crippen MR) is 143 cm³/mol. The van der Waals surface area contributed by atoms with Crippen LogP contribution >= 0.6 is 22.2 Å². The molecule has 1 fully saturated rings. The molecule has 8 heteroatoms. The first-order valence-corrected chi connectivity index (χ1v) is 18.1. The van der Waals surface area contributed by atoms with Crippen molar-refractivity contribution in [2.45, 2.75) is 0 Å².